The highest BCUT2D eigenvalue weighted by atomic mass is 16.5. The van der Waals surface area contributed by atoms with Crippen molar-refractivity contribution in [3.8, 4) is 23.0 Å². The van der Waals surface area contributed by atoms with E-state index in [1.807, 2.05) is 59.8 Å². The molecular formula is C29H32O6. The van der Waals surface area contributed by atoms with E-state index in [0.717, 1.165) is 11.1 Å². The highest BCUT2D eigenvalue weighted by Gasteiger charge is 2.29. The van der Waals surface area contributed by atoms with Crippen LogP contribution in [0.5, 0.6) is 23.0 Å². The van der Waals surface area contributed by atoms with Crippen LogP contribution in [-0.2, 0) is 12.8 Å². The summed E-state index contributed by atoms with van der Waals surface area (Å²) in [4.78, 5) is 14.0. The molecule has 6 heteroatoms. The summed E-state index contributed by atoms with van der Waals surface area (Å²) in [5, 5.41) is 22.7. The molecule has 184 valence electrons. The predicted octanol–water partition coefficient (Wildman–Crippen LogP) is 6.57. The number of phenols is 2. The van der Waals surface area contributed by atoms with E-state index < -0.39 is 5.60 Å². The normalized spacial score (nSPS) is 13.9. The number of benzene rings is 2. The molecule has 1 aliphatic heterocycles. The Hall–Kier alpha value is -3.67. The summed E-state index contributed by atoms with van der Waals surface area (Å²) >= 11 is 0. The number of methoxy groups -OCH3 is 1. The molecule has 0 atom stereocenters. The van der Waals surface area contributed by atoms with Gasteiger partial charge in [-0.1, -0.05) is 23.3 Å². The van der Waals surface area contributed by atoms with Crippen molar-refractivity contribution in [3.63, 3.8) is 0 Å². The van der Waals surface area contributed by atoms with Gasteiger partial charge in [0.05, 0.1) is 18.1 Å². The molecule has 4 rings (SSSR count). The van der Waals surface area contributed by atoms with E-state index in [9.17, 15) is 15.0 Å². The lowest BCUT2D eigenvalue weighted by Crippen LogP contribution is -2.27. The molecule has 0 aliphatic carbocycles. The van der Waals surface area contributed by atoms with Crippen LogP contribution < -0.4 is 14.9 Å². The summed E-state index contributed by atoms with van der Waals surface area (Å²) in [7, 11) is 1.47. The molecule has 2 aromatic carbocycles. The summed E-state index contributed by atoms with van der Waals surface area (Å²) < 4.78 is 17.9. The van der Waals surface area contributed by atoms with Gasteiger partial charge in [0.2, 0.25) is 5.43 Å². The van der Waals surface area contributed by atoms with Crippen LogP contribution in [0.4, 0.5) is 0 Å². The summed E-state index contributed by atoms with van der Waals surface area (Å²) in [6, 6.07) is 1.64. The topological polar surface area (TPSA) is 89.1 Å². The molecule has 1 aromatic heterocycles. The van der Waals surface area contributed by atoms with Crippen LogP contribution in [0.15, 0.2) is 44.7 Å². The van der Waals surface area contributed by atoms with Crippen molar-refractivity contribution in [3.05, 3.63) is 62.4 Å². The Morgan fingerprint density at radius 3 is 2.23 bits per heavy atom. The molecule has 0 saturated carbocycles. The highest BCUT2D eigenvalue weighted by Crippen LogP contribution is 2.45. The van der Waals surface area contributed by atoms with E-state index in [0.29, 0.717) is 35.3 Å². The number of fused-ring (bicyclic) bond motifs is 3. The first kappa shape index (κ1) is 24.5. The molecule has 0 radical (unpaired) electrons. The van der Waals surface area contributed by atoms with Gasteiger partial charge in [-0.05, 0) is 66.5 Å². The molecule has 3 aromatic rings. The molecule has 6 nitrogen and oxygen atoms in total. The average Bonchev–Trinajstić information content (AvgIpc) is 2.75. The molecular weight excluding hydrogens is 444 g/mol. The van der Waals surface area contributed by atoms with Gasteiger partial charge < -0.3 is 24.1 Å². The number of ether oxygens (including phenoxy) is 2. The van der Waals surface area contributed by atoms with Crippen LogP contribution in [0, 0.1) is 0 Å². The molecule has 0 fully saturated rings. The summed E-state index contributed by atoms with van der Waals surface area (Å²) in [5.74, 6) is 0.421. The zero-order valence-corrected chi connectivity index (χ0v) is 21.3. The summed E-state index contributed by atoms with van der Waals surface area (Å²) in [5.41, 5.74) is 3.05. The molecule has 0 spiro atoms. The first-order chi connectivity index (χ1) is 16.4. The van der Waals surface area contributed by atoms with Crippen molar-refractivity contribution in [2.75, 3.05) is 7.11 Å². The Morgan fingerprint density at radius 2 is 1.63 bits per heavy atom. The number of hydrogen-bond acceptors (Lipinski definition) is 6. The number of phenolic OH excluding ortho intramolecular Hbond substituents is 2. The second-order valence-corrected chi connectivity index (χ2v) is 9.99. The standard InChI is InChI=1S/C29H32O6/c1-15(2)8-10-18-22-26(32)23-21(14-20-17(24(23)30)12-13-29(5,6)35-20)34-27(22)19(11-9-16(3)4)25(31)28(18)33-7/h8-9,12-14,30-31H,10-11H2,1-7H3. The van der Waals surface area contributed by atoms with Gasteiger partial charge in [0.25, 0.3) is 0 Å². The SMILES string of the molecule is COc1c(O)c(CC=C(C)C)c2oc3cc4c(c(O)c3c(=O)c2c1CC=C(C)C)C=CC(C)(C)O4. The number of allylic oxidation sites excluding steroid dienone is 4. The second kappa shape index (κ2) is 8.84. The Bertz CT molecular complexity index is 1490. The molecule has 2 heterocycles. The van der Waals surface area contributed by atoms with Crippen LogP contribution in [0.2, 0.25) is 0 Å². The first-order valence-corrected chi connectivity index (χ1v) is 11.7. The van der Waals surface area contributed by atoms with E-state index in [1.165, 1.54) is 7.11 Å². The van der Waals surface area contributed by atoms with Gasteiger partial charge in [0, 0.05) is 17.2 Å². The fourth-order valence-electron chi connectivity index (χ4n) is 4.38. The summed E-state index contributed by atoms with van der Waals surface area (Å²) in [6.07, 6.45) is 8.22. The highest BCUT2D eigenvalue weighted by molar-refractivity contribution is 6.00. The van der Waals surface area contributed by atoms with Gasteiger partial charge in [-0.15, -0.1) is 0 Å². The number of rotatable bonds is 5. The quantitative estimate of drug-likeness (QED) is 0.320. The van der Waals surface area contributed by atoms with E-state index in [2.05, 4.69) is 0 Å². The van der Waals surface area contributed by atoms with Gasteiger partial charge in [-0.2, -0.15) is 0 Å². The second-order valence-electron chi connectivity index (χ2n) is 9.99. The van der Waals surface area contributed by atoms with Gasteiger partial charge in [0.1, 0.15) is 33.7 Å². The fourth-order valence-corrected chi connectivity index (χ4v) is 4.38. The Labute approximate surface area is 204 Å². The molecule has 0 unspecified atom stereocenters. The largest absolute Gasteiger partial charge is 0.506 e. The maximum Gasteiger partial charge on any atom is 0.204 e. The van der Waals surface area contributed by atoms with Crippen LogP contribution >= 0.6 is 0 Å². The van der Waals surface area contributed by atoms with Gasteiger partial charge in [-0.3, -0.25) is 4.79 Å². The van der Waals surface area contributed by atoms with Crippen molar-refractivity contribution in [2.45, 2.75) is 60.0 Å². The maximum absolute atomic E-state index is 14.0. The first-order valence-electron chi connectivity index (χ1n) is 11.7. The third-order valence-electron chi connectivity index (χ3n) is 6.17. The molecule has 0 amide bonds. The molecule has 0 saturated heterocycles. The van der Waals surface area contributed by atoms with Crippen molar-refractivity contribution >= 4 is 28.0 Å². The Balaban J connectivity index is 2.19. The lowest BCUT2D eigenvalue weighted by atomic mass is 9.94. The van der Waals surface area contributed by atoms with Gasteiger partial charge >= 0.3 is 0 Å². The van der Waals surface area contributed by atoms with E-state index in [1.54, 1.807) is 12.1 Å². The minimum atomic E-state index is -0.567. The van der Waals surface area contributed by atoms with Crippen molar-refractivity contribution in [2.24, 2.45) is 0 Å². The van der Waals surface area contributed by atoms with Crippen LogP contribution in [-0.4, -0.2) is 22.9 Å². The average molecular weight is 477 g/mol. The number of aromatic hydroxyl groups is 2. The Kier molecular flexibility index (Phi) is 6.18. The monoisotopic (exact) mass is 476 g/mol. The van der Waals surface area contributed by atoms with Crippen LogP contribution in [0.1, 0.15) is 58.2 Å². The van der Waals surface area contributed by atoms with Crippen LogP contribution in [0.3, 0.4) is 0 Å². The third kappa shape index (κ3) is 4.29. The summed E-state index contributed by atoms with van der Waals surface area (Å²) in [6.45, 7) is 11.6. The third-order valence-corrected chi connectivity index (χ3v) is 6.17. The van der Waals surface area contributed by atoms with Crippen molar-refractivity contribution in [1.82, 2.24) is 0 Å². The minimum Gasteiger partial charge on any atom is -0.506 e. The maximum atomic E-state index is 14.0. The van der Waals surface area contributed by atoms with E-state index in [4.69, 9.17) is 13.9 Å². The van der Waals surface area contributed by atoms with Crippen LogP contribution in [0.25, 0.3) is 28.0 Å². The zero-order chi connectivity index (χ0) is 25.7. The van der Waals surface area contributed by atoms with E-state index in [-0.39, 0.29) is 44.6 Å². The molecule has 2 N–H and O–H groups in total. The molecule has 0 bridgehead atoms. The smallest absolute Gasteiger partial charge is 0.204 e. The minimum absolute atomic E-state index is 0.0559. The van der Waals surface area contributed by atoms with E-state index >= 15 is 0 Å². The molecule has 1 aliphatic rings. The van der Waals surface area contributed by atoms with Crippen molar-refractivity contribution in [1.29, 1.82) is 0 Å². The van der Waals surface area contributed by atoms with Gasteiger partial charge in [-0.25, -0.2) is 0 Å². The lowest BCUT2D eigenvalue weighted by Gasteiger charge is -2.28. The number of hydrogen-bond donors (Lipinski definition) is 2. The van der Waals surface area contributed by atoms with Gasteiger partial charge in [0.15, 0.2) is 11.5 Å². The van der Waals surface area contributed by atoms with Crippen molar-refractivity contribution < 1.29 is 24.1 Å². The zero-order valence-electron chi connectivity index (χ0n) is 21.3. The molecule has 35 heavy (non-hydrogen) atoms. The predicted molar refractivity (Wildman–Crippen MR) is 140 cm³/mol. The fraction of sp³-hybridized carbons (Fsp3) is 0.345. The lowest BCUT2D eigenvalue weighted by molar-refractivity contribution is 0.158. The Morgan fingerprint density at radius 1 is 1.00 bits per heavy atom.